The molecular weight excluding hydrogens is 368 g/mol. The van der Waals surface area contributed by atoms with E-state index in [1.54, 1.807) is 14.2 Å². The van der Waals surface area contributed by atoms with Gasteiger partial charge in [0.1, 0.15) is 5.51 Å². The minimum Gasteiger partial charge on any atom is -0.493 e. The summed E-state index contributed by atoms with van der Waals surface area (Å²) in [6.45, 7) is 0.380. The third-order valence-electron chi connectivity index (χ3n) is 4.93. The molecule has 9 heteroatoms. The second kappa shape index (κ2) is 8.34. The molecule has 1 heterocycles. The van der Waals surface area contributed by atoms with E-state index < -0.39 is 11.8 Å². The Kier molecular flexibility index (Phi) is 5.90. The lowest BCUT2D eigenvalue weighted by molar-refractivity contribution is -0.136. The molecule has 3 rings (SSSR count). The zero-order valence-corrected chi connectivity index (χ0v) is 16.1. The standard InChI is InChI=1S/C18H22N4O4S/c1-25-13-6-5-12(9-14(13)26-2)18(7-3-4-8-18)10-19-15(23)16(24)21-17-22-20-11-27-17/h5-6,9,11H,3-4,7-8,10H2,1-2H3,(H,19,23)(H,21,22,24). The fourth-order valence-corrected chi connectivity index (χ4v) is 3.94. The Balaban J connectivity index is 1.72. The first-order chi connectivity index (χ1) is 13.1. The maximum Gasteiger partial charge on any atom is 0.315 e. The average molecular weight is 390 g/mol. The van der Waals surface area contributed by atoms with Gasteiger partial charge in [-0.15, -0.1) is 10.2 Å². The first kappa shape index (κ1) is 19.1. The van der Waals surface area contributed by atoms with Crippen molar-refractivity contribution >= 4 is 28.3 Å². The van der Waals surface area contributed by atoms with E-state index in [0.29, 0.717) is 23.2 Å². The average Bonchev–Trinajstić information content (AvgIpc) is 3.38. The van der Waals surface area contributed by atoms with Crippen LogP contribution in [0.15, 0.2) is 23.7 Å². The topological polar surface area (TPSA) is 102 Å². The summed E-state index contributed by atoms with van der Waals surface area (Å²) in [5, 5.41) is 12.8. The molecule has 0 spiro atoms. The third kappa shape index (κ3) is 4.19. The largest absolute Gasteiger partial charge is 0.493 e. The van der Waals surface area contributed by atoms with Gasteiger partial charge in [-0.05, 0) is 30.5 Å². The van der Waals surface area contributed by atoms with Gasteiger partial charge in [-0.2, -0.15) is 0 Å². The van der Waals surface area contributed by atoms with Gasteiger partial charge < -0.3 is 14.8 Å². The van der Waals surface area contributed by atoms with E-state index in [1.165, 1.54) is 5.51 Å². The van der Waals surface area contributed by atoms with Crippen molar-refractivity contribution in [2.75, 3.05) is 26.1 Å². The Bertz CT molecular complexity index is 804. The minimum atomic E-state index is -0.743. The third-order valence-corrected chi connectivity index (χ3v) is 5.54. The summed E-state index contributed by atoms with van der Waals surface area (Å²) in [5.74, 6) is -0.111. The molecule has 144 valence electrons. The van der Waals surface area contributed by atoms with E-state index in [1.807, 2.05) is 18.2 Å². The number of benzene rings is 1. The van der Waals surface area contributed by atoms with Gasteiger partial charge in [-0.3, -0.25) is 14.9 Å². The van der Waals surface area contributed by atoms with Gasteiger partial charge in [0.15, 0.2) is 11.5 Å². The molecule has 1 aliphatic rings. The van der Waals surface area contributed by atoms with Crippen LogP contribution in [0.25, 0.3) is 0 Å². The first-order valence-corrected chi connectivity index (χ1v) is 9.54. The number of rotatable bonds is 6. The highest BCUT2D eigenvalue weighted by Crippen LogP contribution is 2.43. The molecule has 2 amide bonds. The fraction of sp³-hybridized carbons (Fsp3) is 0.444. The number of ether oxygens (including phenoxy) is 2. The number of amides is 2. The van der Waals surface area contributed by atoms with Crippen molar-refractivity contribution in [1.29, 1.82) is 0 Å². The lowest BCUT2D eigenvalue weighted by Gasteiger charge is -2.30. The number of carbonyl (C=O) groups excluding carboxylic acids is 2. The molecule has 0 aliphatic heterocycles. The quantitative estimate of drug-likeness (QED) is 0.733. The summed E-state index contributed by atoms with van der Waals surface area (Å²) in [5.41, 5.74) is 2.33. The summed E-state index contributed by atoms with van der Waals surface area (Å²) in [4.78, 5) is 24.2. The molecule has 8 nitrogen and oxygen atoms in total. The fourth-order valence-electron chi connectivity index (χ4n) is 3.50. The predicted octanol–water partition coefficient (Wildman–Crippen LogP) is 2.12. The van der Waals surface area contributed by atoms with Crippen LogP contribution in [0.3, 0.4) is 0 Å². The van der Waals surface area contributed by atoms with Crippen molar-refractivity contribution < 1.29 is 19.1 Å². The lowest BCUT2D eigenvalue weighted by atomic mass is 9.78. The number of carbonyl (C=O) groups is 2. The van der Waals surface area contributed by atoms with Crippen molar-refractivity contribution in [2.45, 2.75) is 31.1 Å². The van der Waals surface area contributed by atoms with Crippen molar-refractivity contribution in [3.8, 4) is 11.5 Å². The minimum absolute atomic E-state index is 0.224. The van der Waals surface area contributed by atoms with E-state index in [4.69, 9.17) is 9.47 Å². The highest BCUT2D eigenvalue weighted by atomic mass is 32.1. The number of anilines is 1. The van der Waals surface area contributed by atoms with E-state index >= 15 is 0 Å². The molecule has 0 atom stereocenters. The van der Waals surface area contributed by atoms with Gasteiger partial charge in [0, 0.05) is 12.0 Å². The van der Waals surface area contributed by atoms with Crippen LogP contribution in [0.2, 0.25) is 0 Å². The van der Waals surface area contributed by atoms with Gasteiger partial charge in [0.2, 0.25) is 5.13 Å². The highest BCUT2D eigenvalue weighted by molar-refractivity contribution is 7.13. The maximum absolute atomic E-state index is 12.2. The Morgan fingerprint density at radius 2 is 1.89 bits per heavy atom. The molecule has 1 aromatic carbocycles. The normalized spacial score (nSPS) is 15.2. The van der Waals surface area contributed by atoms with Gasteiger partial charge in [-0.1, -0.05) is 30.2 Å². The zero-order valence-electron chi connectivity index (χ0n) is 15.3. The van der Waals surface area contributed by atoms with Crippen LogP contribution in [0, 0.1) is 0 Å². The summed E-state index contributed by atoms with van der Waals surface area (Å²) >= 11 is 1.16. The summed E-state index contributed by atoms with van der Waals surface area (Å²) < 4.78 is 10.7. The molecule has 1 fully saturated rings. The Morgan fingerprint density at radius 1 is 1.15 bits per heavy atom. The van der Waals surface area contributed by atoms with E-state index in [2.05, 4.69) is 20.8 Å². The second-order valence-corrected chi connectivity index (χ2v) is 7.27. The molecule has 0 radical (unpaired) electrons. The number of hydrogen-bond donors (Lipinski definition) is 2. The smallest absolute Gasteiger partial charge is 0.315 e. The molecule has 1 saturated carbocycles. The number of nitrogens with zero attached hydrogens (tertiary/aromatic N) is 2. The molecule has 0 bridgehead atoms. The van der Waals surface area contributed by atoms with Crippen molar-refractivity contribution in [1.82, 2.24) is 15.5 Å². The monoisotopic (exact) mass is 390 g/mol. The number of methoxy groups -OCH3 is 2. The van der Waals surface area contributed by atoms with Crippen molar-refractivity contribution in [3.63, 3.8) is 0 Å². The number of nitrogens with one attached hydrogen (secondary N) is 2. The van der Waals surface area contributed by atoms with Crippen molar-refractivity contribution in [3.05, 3.63) is 29.3 Å². The first-order valence-electron chi connectivity index (χ1n) is 8.66. The molecule has 1 aromatic heterocycles. The summed E-state index contributed by atoms with van der Waals surface area (Å²) in [7, 11) is 3.20. The summed E-state index contributed by atoms with van der Waals surface area (Å²) in [6.07, 6.45) is 4.00. The van der Waals surface area contributed by atoms with Crippen LogP contribution < -0.4 is 20.1 Å². The van der Waals surface area contributed by atoms with Crippen LogP contribution >= 0.6 is 11.3 Å². The van der Waals surface area contributed by atoms with Crippen molar-refractivity contribution in [2.24, 2.45) is 0 Å². The Labute approximate surface area is 161 Å². The lowest BCUT2D eigenvalue weighted by Crippen LogP contribution is -2.43. The molecule has 0 unspecified atom stereocenters. The Hall–Kier alpha value is -2.68. The molecule has 1 aliphatic carbocycles. The van der Waals surface area contributed by atoms with Gasteiger partial charge in [0.05, 0.1) is 14.2 Å². The molecule has 2 aromatic rings. The van der Waals surface area contributed by atoms with Crippen LogP contribution in [-0.2, 0) is 15.0 Å². The second-order valence-electron chi connectivity index (χ2n) is 6.44. The van der Waals surface area contributed by atoms with Crippen LogP contribution in [0.4, 0.5) is 5.13 Å². The summed E-state index contributed by atoms with van der Waals surface area (Å²) in [6, 6.07) is 5.83. The van der Waals surface area contributed by atoms with E-state index in [0.717, 1.165) is 42.6 Å². The number of aromatic nitrogens is 2. The van der Waals surface area contributed by atoms with Crippen LogP contribution in [-0.4, -0.2) is 42.8 Å². The zero-order chi connectivity index (χ0) is 19.3. The predicted molar refractivity (Wildman–Crippen MR) is 101 cm³/mol. The highest BCUT2D eigenvalue weighted by Gasteiger charge is 2.37. The molecule has 27 heavy (non-hydrogen) atoms. The molecule has 0 saturated heterocycles. The van der Waals surface area contributed by atoms with Gasteiger partial charge >= 0.3 is 11.8 Å². The van der Waals surface area contributed by atoms with E-state index in [-0.39, 0.29) is 5.41 Å². The van der Waals surface area contributed by atoms with E-state index in [9.17, 15) is 9.59 Å². The number of hydrogen-bond acceptors (Lipinski definition) is 7. The Morgan fingerprint density at radius 3 is 2.52 bits per heavy atom. The molecular formula is C18H22N4O4S. The van der Waals surface area contributed by atoms with Crippen LogP contribution in [0.5, 0.6) is 11.5 Å². The molecule has 2 N–H and O–H groups in total. The maximum atomic E-state index is 12.2. The SMILES string of the molecule is COc1ccc(C2(CNC(=O)C(=O)Nc3nncs3)CCCC2)cc1OC. The van der Waals surface area contributed by atoms with Gasteiger partial charge in [0.25, 0.3) is 0 Å². The van der Waals surface area contributed by atoms with Crippen LogP contribution in [0.1, 0.15) is 31.2 Å². The van der Waals surface area contributed by atoms with Gasteiger partial charge in [-0.25, -0.2) is 0 Å².